The first-order valence-electron chi connectivity index (χ1n) is 7.82. The topological polar surface area (TPSA) is 77.1 Å². The van der Waals surface area contributed by atoms with Crippen LogP contribution in [0.4, 0.5) is 5.69 Å². The van der Waals surface area contributed by atoms with Crippen molar-refractivity contribution < 1.29 is 4.79 Å². The molecule has 4 rings (SSSR count). The fourth-order valence-electron chi connectivity index (χ4n) is 2.64. The molecule has 0 saturated heterocycles. The second kappa shape index (κ2) is 5.86. The molecule has 0 aliphatic carbocycles. The average molecular weight is 332 g/mol. The van der Waals surface area contributed by atoms with Gasteiger partial charge in [0.25, 0.3) is 5.91 Å². The first-order valence-corrected chi connectivity index (χ1v) is 7.82. The van der Waals surface area contributed by atoms with Gasteiger partial charge in [0.2, 0.25) is 0 Å². The Hall–Kier alpha value is -3.48. The zero-order valence-electron chi connectivity index (χ0n) is 13.8. The van der Waals surface area contributed by atoms with Crippen LogP contribution >= 0.6 is 0 Å². The number of aryl methyl sites for hydroxylation is 2. The minimum atomic E-state index is -0.247. The quantitative estimate of drug-likeness (QED) is 0.626. The Kier molecular flexibility index (Phi) is 3.53. The summed E-state index contributed by atoms with van der Waals surface area (Å²) in [5.74, 6) is -0.247. The molecular weight excluding hydrogens is 316 g/mol. The van der Waals surface area contributed by atoms with Crippen LogP contribution in [0.2, 0.25) is 0 Å². The standard InChI is InChI=1S/C18H16N6O/c1-12-7-8-24-11-15(21-17(24)9-12)13-3-5-14(6-4-13)20-18(25)16-10-19-22-23(16)2/h3-11H,1-2H3,(H,20,25). The number of carbonyl (C=O) groups excluding carboxylic acids is 1. The van der Waals surface area contributed by atoms with Gasteiger partial charge in [-0.1, -0.05) is 17.3 Å². The maximum Gasteiger partial charge on any atom is 0.275 e. The van der Waals surface area contributed by atoms with E-state index in [1.54, 1.807) is 7.05 Å². The number of benzene rings is 1. The Morgan fingerprint density at radius 3 is 2.68 bits per heavy atom. The Morgan fingerprint density at radius 2 is 1.96 bits per heavy atom. The van der Waals surface area contributed by atoms with E-state index in [9.17, 15) is 4.79 Å². The number of rotatable bonds is 3. The summed E-state index contributed by atoms with van der Waals surface area (Å²) in [7, 11) is 1.68. The van der Waals surface area contributed by atoms with Gasteiger partial charge in [-0.15, -0.1) is 5.10 Å². The summed E-state index contributed by atoms with van der Waals surface area (Å²) in [6, 6.07) is 11.7. The third-order valence-electron chi connectivity index (χ3n) is 4.00. The minimum absolute atomic E-state index is 0.247. The van der Waals surface area contributed by atoms with Crippen LogP contribution in [0, 0.1) is 6.92 Å². The predicted octanol–water partition coefficient (Wildman–Crippen LogP) is 2.69. The molecule has 4 aromatic rings. The Morgan fingerprint density at radius 1 is 1.16 bits per heavy atom. The molecule has 0 bridgehead atoms. The van der Waals surface area contributed by atoms with Crippen molar-refractivity contribution in [3.8, 4) is 11.3 Å². The van der Waals surface area contributed by atoms with Crippen molar-refractivity contribution in [3.63, 3.8) is 0 Å². The lowest BCUT2D eigenvalue weighted by molar-refractivity contribution is 0.101. The van der Waals surface area contributed by atoms with E-state index < -0.39 is 0 Å². The number of nitrogens with zero attached hydrogens (tertiary/aromatic N) is 5. The van der Waals surface area contributed by atoms with Gasteiger partial charge in [-0.2, -0.15) is 0 Å². The largest absolute Gasteiger partial charge is 0.321 e. The number of pyridine rings is 1. The monoisotopic (exact) mass is 332 g/mol. The van der Waals surface area contributed by atoms with E-state index in [1.807, 2.05) is 60.1 Å². The molecule has 1 amide bonds. The number of fused-ring (bicyclic) bond motifs is 1. The van der Waals surface area contributed by atoms with Gasteiger partial charge in [-0.05, 0) is 36.8 Å². The van der Waals surface area contributed by atoms with Crippen molar-refractivity contribution in [2.24, 2.45) is 7.05 Å². The van der Waals surface area contributed by atoms with Gasteiger partial charge < -0.3 is 9.72 Å². The summed E-state index contributed by atoms with van der Waals surface area (Å²) in [5, 5.41) is 10.3. The van der Waals surface area contributed by atoms with Crippen LogP contribution in [0.3, 0.4) is 0 Å². The highest BCUT2D eigenvalue weighted by Crippen LogP contribution is 2.22. The van der Waals surface area contributed by atoms with E-state index in [-0.39, 0.29) is 5.91 Å². The lowest BCUT2D eigenvalue weighted by Crippen LogP contribution is -2.15. The number of hydrogen-bond donors (Lipinski definition) is 1. The van der Waals surface area contributed by atoms with Crippen molar-refractivity contribution in [2.45, 2.75) is 6.92 Å². The molecule has 0 spiro atoms. The summed E-state index contributed by atoms with van der Waals surface area (Å²) < 4.78 is 3.43. The van der Waals surface area contributed by atoms with Gasteiger partial charge >= 0.3 is 0 Å². The SMILES string of the molecule is Cc1ccn2cc(-c3ccc(NC(=O)c4cnnn4C)cc3)nc2c1. The maximum atomic E-state index is 12.2. The maximum absolute atomic E-state index is 12.2. The van der Waals surface area contributed by atoms with Crippen LogP contribution in [-0.2, 0) is 7.05 Å². The predicted molar refractivity (Wildman–Crippen MR) is 94.3 cm³/mol. The Bertz CT molecular complexity index is 1060. The van der Waals surface area contributed by atoms with Crippen LogP contribution in [0.15, 0.2) is 55.0 Å². The Labute approximate surface area is 143 Å². The van der Waals surface area contributed by atoms with Crippen molar-refractivity contribution in [2.75, 3.05) is 5.32 Å². The van der Waals surface area contributed by atoms with E-state index in [0.717, 1.165) is 16.9 Å². The molecule has 0 unspecified atom stereocenters. The summed E-state index contributed by atoms with van der Waals surface area (Å²) in [6.07, 6.45) is 5.42. The van der Waals surface area contributed by atoms with E-state index in [0.29, 0.717) is 11.4 Å². The van der Waals surface area contributed by atoms with Crippen molar-refractivity contribution in [1.29, 1.82) is 0 Å². The van der Waals surface area contributed by atoms with Gasteiger partial charge in [0.05, 0.1) is 11.9 Å². The highest BCUT2D eigenvalue weighted by Gasteiger charge is 2.11. The van der Waals surface area contributed by atoms with Crippen LogP contribution in [0.25, 0.3) is 16.9 Å². The molecule has 0 saturated carbocycles. The molecule has 124 valence electrons. The second-order valence-corrected chi connectivity index (χ2v) is 5.87. The highest BCUT2D eigenvalue weighted by molar-refractivity contribution is 6.02. The summed E-state index contributed by atoms with van der Waals surface area (Å²) in [4.78, 5) is 16.8. The zero-order chi connectivity index (χ0) is 17.4. The van der Waals surface area contributed by atoms with E-state index in [1.165, 1.54) is 16.4 Å². The third-order valence-corrected chi connectivity index (χ3v) is 4.00. The highest BCUT2D eigenvalue weighted by atomic mass is 16.2. The number of hydrogen-bond acceptors (Lipinski definition) is 4. The van der Waals surface area contributed by atoms with Crippen LogP contribution in [0.1, 0.15) is 16.1 Å². The third kappa shape index (κ3) is 2.87. The molecule has 1 N–H and O–H groups in total. The molecule has 0 radical (unpaired) electrons. The molecule has 0 atom stereocenters. The van der Waals surface area contributed by atoms with Crippen molar-refractivity contribution >= 4 is 17.2 Å². The number of amides is 1. The first-order chi connectivity index (χ1) is 12.1. The number of aromatic nitrogens is 5. The van der Waals surface area contributed by atoms with Gasteiger partial charge in [0, 0.05) is 30.7 Å². The molecule has 7 nitrogen and oxygen atoms in total. The number of imidazole rings is 1. The average Bonchev–Trinajstić information content (AvgIpc) is 3.21. The lowest BCUT2D eigenvalue weighted by Gasteiger charge is -2.05. The van der Waals surface area contributed by atoms with E-state index in [2.05, 4.69) is 20.6 Å². The van der Waals surface area contributed by atoms with Gasteiger partial charge in [-0.3, -0.25) is 4.79 Å². The lowest BCUT2D eigenvalue weighted by atomic mass is 10.1. The molecule has 7 heteroatoms. The zero-order valence-corrected chi connectivity index (χ0v) is 13.8. The summed E-state index contributed by atoms with van der Waals surface area (Å²) >= 11 is 0. The Balaban J connectivity index is 1.57. The molecule has 0 fully saturated rings. The molecule has 0 aliphatic heterocycles. The van der Waals surface area contributed by atoms with Crippen LogP contribution < -0.4 is 5.32 Å². The minimum Gasteiger partial charge on any atom is -0.321 e. The van der Waals surface area contributed by atoms with E-state index in [4.69, 9.17) is 0 Å². The fraction of sp³-hybridized carbons (Fsp3) is 0.111. The van der Waals surface area contributed by atoms with Crippen LogP contribution in [0.5, 0.6) is 0 Å². The smallest absolute Gasteiger partial charge is 0.275 e. The number of nitrogens with one attached hydrogen (secondary N) is 1. The normalized spacial score (nSPS) is 11.0. The van der Waals surface area contributed by atoms with Crippen molar-refractivity contribution in [1.82, 2.24) is 24.4 Å². The van der Waals surface area contributed by atoms with Gasteiger partial charge in [0.15, 0.2) is 0 Å². The summed E-state index contributed by atoms with van der Waals surface area (Å²) in [5.41, 5.74) is 5.07. The molecule has 3 heterocycles. The molecule has 3 aromatic heterocycles. The van der Waals surface area contributed by atoms with Crippen molar-refractivity contribution in [3.05, 3.63) is 66.2 Å². The number of anilines is 1. The first kappa shape index (κ1) is 15.1. The second-order valence-electron chi connectivity index (χ2n) is 5.87. The van der Waals surface area contributed by atoms with Crippen LogP contribution in [-0.4, -0.2) is 30.3 Å². The number of carbonyl (C=O) groups is 1. The molecule has 0 aliphatic rings. The van der Waals surface area contributed by atoms with Gasteiger partial charge in [0.1, 0.15) is 11.3 Å². The molecule has 25 heavy (non-hydrogen) atoms. The molecule has 1 aromatic carbocycles. The fourth-order valence-corrected chi connectivity index (χ4v) is 2.64. The summed E-state index contributed by atoms with van der Waals surface area (Å²) in [6.45, 7) is 2.05. The van der Waals surface area contributed by atoms with Gasteiger partial charge in [-0.25, -0.2) is 9.67 Å². The van der Waals surface area contributed by atoms with E-state index >= 15 is 0 Å². The molecular formula is C18H16N6O.